The molecule has 4 aliphatic carbocycles. The minimum absolute atomic E-state index is 0.0207. The zero-order chi connectivity index (χ0) is 47.1. The second-order valence-electron chi connectivity index (χ2n) is 21.3. The van der Waals surface area contributed by atoms with Crippen LogP contribution in [0.5, 0.6) is 0 Å². The lowest BCUT2D eigenvalue weighted by Gasteiger charge is -2.60. The van der Waals surface area contributed by atoms with Gasteiger partial charge in [0.05, 0.1) is 44.2 Å². The van der Waals surface area contributed by atoms with Crippen LogP contribution in [0.1, 0.15) is 86.0 Å². The van der Waals surface area contributed by atoms with Crippen LogP contribution in [0.3, 0.4) is 0 Å². The quantitative estimate of drug-likeness (QED) is 0.0967. The molecule has 4 saturated heterocycles. The molecule has 27 atom stereocenters. The number of hydrogen-bond donors (Lipinski definition) is 11. The van der Waals surface area contributed by atoms with E-state index in [1.807, 2.05) is 6.92 Å². The van der Waals surface area contributed by atoms with Crippen LogP contribution >= 0.6 is 0 Å². The van der Waals surface area contributed by atoms with Crippen LogP contribution in [0.4, 0.5) is 0 Å². The third-order valence-corrected chi connectivity index (χ3v) is 17.8. The number of aliphatic hydroxyl groups is 11. The summed E-state index contributed by atoms with van der Waals surface area (Å²) in [5, 5.41) is 116. The molecule has 0 aromatic carbocycles. The summed E-state index contributed by atoms with van der Waals surface area (Å²) in [6.07, 6.45) is -14.2. The van der Waals surface area contributed by atoms with Gasteiger partial charge in [0, 0.05) is 31.3 Å². The Morgan fingerprint density at radius 3 is 2.05 bits per heavy atom. The Balaban J connectivity index is 0.889. The highest BCUT2D eigenvalue weighted by molar-refractivity contribution is 5.28. The van der Waals surface area contributed by atoms with Gasteiger partial charge < -0.3 is 94.1 Å². The van der Waals surface area contributed by atoms with Gasteiger partial charge in [-0.2, -0.15) is 0 Å². The van der Waals surface area contributed by atoms with E-state index in [2.05, 4.69) is 26.8 Å². The van der Waals surface area contributed by atoms with Crippen LogP contribution in [0.25, 0.3) is 0 Å². The molecule has 0 spiro atoms. The Hall–Kier alpha value is -1.02. The molecule has 0 aromatic rings. The topological polar surface area (TPSA) is 296 Å². The minimum atomic E-state index is -1.67. The first kappa shape index (κ1) is 50.4. The first-order valence-corrected chi connectivity index (χ1v) is 23.9. The van der Waals surface area contributed by atoms with Gasteiger partial charge in [0.1, 0.15) is 67.1 Å². The summed E-state index contributed by atoms with van der Waals surface area (Å²) in [4.78, 5) is 0. The number of allylic oxidation sites excluding steroid dienone is 1. The van der Waals surface area contributed by atoms with Gasteiger partial charge in [0.25, 0.3) is 0 Å². The van der Waals surface area contributed by atoms with E-state index in [0.717, 1.165) is 31.3 Å². The molecule has 0 amide bonds. The van der Waals surface area contributed by atoms with Crippen LogP contribution < -0.4 is 0 Å². The Morgan fingerprint density at radius 1 is 0.754 bits per heavy atom. The Labute approximate surface area is 380 Å². The normalized spacial score (nSPS) is 54.8. The molecule has 0 radical (unpaired) electrons. The van der Waals surface area contributed by atoms with Crippen molar-refractivity contribution in [2.75, 3.05) is 26.9 Å². The number of rotatable bonds is 13. The van der Waals surface area contributed by atoms with Crippen molar-refractivity contribution >= 4 is 0 Å². The average Bonchev–Trinajstić information content (AvgIpc) is 3.75. The van der Waals surface area contributed by atoms with Crippen molar-refractivity contribution in [2.45, 2.75) is 202 Å². The van der Waals surface area contributed by atoms with E-state index in [1.54, 1.807) is 7.11 Å². The van der Waals surface area contributed by atoms with Gasteiger partial charge in [-0.3, -0.25) is 0 Å². The van der Waals surface area contributed by atoms with E-state index in [0.29, 0.717) is 37.5 Å². The van der Waals surface area contributed by atoms with Crippen molar-refractivity contribution in [1.82, 2.24) is 0 Å². The first-order valence-electron chi connectivity index (χ1n) is 23.9. The van der Waals surface area contributed by atoms with Crippen molar-refractivity contribution < 1.29 is 94.1 Å². The predicted molar refractivity (Wildman–Crippen MR) is 224 cm³/mol. The van der Waals surface area contributed by atoms with E-state index in [1.165, 1.54) is 6.92 Å². The van der Waals surface area contributed by atoms with Crippen LogP contribution in [-0.4, -0.2) is 199 Å². The van der Waals surface area contributed by atoms with E-state index in [-0.39, 0.29) is 41.8 Å². The van der Waals surface area contributed by atoms with Crippen molar-refractivity contribution in [2.24, 2.45) is 46.3 Å². The zero-order valence-electron chi connectivity index (χ0n) is 38.4. The molecule has 11 N–H and O–H groups in total. The van der Waals surface area contributed by atoms with Gasteiger partial charge >= 0.3 is 0 Å². The summed E-state index contributed by atoms with van der Waals surface area (Å²) in [7, 11) is 1.70. The molecule has 19 heteroatoms. The molecule has 19 nitrogen and oxygen atoms in total. The molecule has 3 saturated carbocycles. The zero-order valence-corrected chi connectivity index (χ0v) is 38.4. The maximum Gasteiger partial charge on any atom is 0.187 e. The van der Waals surface area contributed by atoms with Crippen molar-refractivity contribution in [3.63, 3.8) is 0 Å². The fraction of sp³-hybridized carbons (Fsp3) is 0.957. The van der Waals surface area contributed by atoms with Crippen LogP contribution in [0.2, 0.25) is 0 Å². The lowest BCUT2D eigenvalue weighted by molar-refractivity contribution is -0.365. The number of aliphatic hydroxyl groups excluding tert-OH is 11. The largest absolute Gasteiger partial charge is 0.394 e. The van der Waals surface area contributed by atoms with Gasteiger partial charge in [0.15, 0.2) is 24.7 Å². The molecule has 0 unspecified atom stereocenters. The van der Waals surface area contributed by atoms with Gasteiger partial charge in [-0.05, 0) is 80.5 Å². The van der Waals surface area contributed by atoms with Crippen LogP contribution in [-0.2, 0) is 37.9 Å². The molecule has 8 aliphatic rings. The highest BCUT2D eigenvalue weighted by Crippen LogP contribution is 2.70. The summed E-state index contributed by atoms with van der Waals surface area (Å²) >= 11 is 0. The second kappa shape index (κ2) is 19.3. The maximum atomic E-state index is 12.0. The minimum Gasteiger partial charge on any atom is -0.394 e. The molecule has 0 bridgehead atoms. The Bertz CT molecular complexity index is 1660. The Kier molecular flexibility index (Phi) is 15.0. The van der Waals surface area contributed by atoms with Crippen molar-refractivity contribution in [3.05, 3.63) is 11.6 Å². The van der Waals surface area contributed by atoms with Gasteiger partial charge in [-0.15, -0.1) is 0 Å². The average molecular weight is 933 g/mol. The molecule has 65 heavy (non-hydrogen) atoms. The van der Waals surface area contributed by atoms with Gasteiger partial charge in [-0.1, -0.05) is 39.3 Å². The van der Waals surface area contributed by atoms with E-state index >= 15 is 0 Å². The Morgan fingerprint density at radius 2 is 1.38 bits per heavy atom. The lowest BCUT2D eigenvalue weighted by atomic mass is 9.46. The molecular formula is C46H76O19. The fourth-order valence-corrected chi connectivity index (χ4v) is 13.9. The third kappa shape index (κ3) is 8.60. The summed E-state index contributed by atoms with van der Waals surface area (Å²) in [5.74, 6) is 0.309. The molecule has 4 aliphatic heterocycles. The van der Waals surface area contributed by atoms with Gasteiger partial charge in [-0.25, -0.2) is 0 Å². The molecule has 8 rings (SSSR count). The molecular weight excluding hydrogens is 856 g/mol. The summed E-state index contributed by atoms with van der Waals surface area (Å²) in [6, 6.07) is 0. The molecule has 7 fully saturated rings. The van der Waals surface area contributed by atoms with Crippen molar-refractivity contribution in [3.8, 4) is 0 Å². The van der Waals surface area contributed by atoms with Gasteiger partial charge in [0.2, 0.25) is 0 Å². The standard InChI is InChI=1S/C46H76O19/c1-19(18-59-43-40(37(55)34(52)29(17-48)63-43)64-41-38(56)35(53)32(50)21(3)60-41)9-12-46(58-6)20(2)31-27(65-46)15-26-24-8-7-22-13-23(61-42-39(57)36(54)33(51)28(16-47)62-42)14-30(49)45(22,5)25(24)10-11-44(26,31)4/h7,19-21,23-43,47-57H,8-18H2,1-6H3/t19-,20+,21+,23-,24-,25+,26+,27+,28-,29-,30-,31+,32+,33-,34-,35-,36+,37+,38-,39-,40-,41+,42-,43-,44+,45+,46-/m1/s1. The smallest absolute Gasteiger partial charge is 0.187 e. The summed E-state index contributed by atoms with van der Waals surface area (Å²) in [5.41, 5.74) is 0.626. The number of ether oxygens (including phenoxy) is 8. The highest BCUT2D eigenvalue weighted by Gasteiger charge is 2.69. The molecule has 4 heterocycles. The van der Waals surface area contributed by atoms with Crippen LogP contribution in [0.15, 0.2) is 11.6 Å². The lowest BCUT2D eigenvalue weighted by Crippen LogP contribution is -2.64. The maximum absolute atomic E-state index is 12.0. The number of methoxy groups -OCH3 is 1. The SMILES string of the molecule is CO[C@]1(CC[C@@H](C)CO[C@@H]2O[C@H](CO)[C@@H](O)[C@H](O)[C@H]2O[C@@H]2O[C@@H](C)[C@H](O)[C@@H](O)[C@H]2O)O[C@H]2C[C@H]3[C@@H]4CC=C5C[C@@H](O[C@@H]6O[C@H](CO)[C@@H](O)[C@H](O)[C@H]6O)C[C@@H](O)[C@]5(C)[C@H]4CC[C@]3(C)[C@H]2[C@@H]1C. The number of fused-ring (bicyclic) bond motifs is 7. The molecule has 374 valence electrons. The highest BCUT2D eigenvalue weighted by atomic mass is 16.8. The van der Waals surface area contributed by atoms with E-state index < -0.39 is 129 Å². The van der Waals surface area contributed by atoms with E-state index in [4.69, 9.17) is 37.9 Å². The summed E-state index contributed by atoms with van der Waals surface area (Å²) < 4.78 is 48.6. The monoisotopic (exact) mass is 932 g/mol. The molecule has 0 aromatic heterocycles. The number of hydrogen-bond acceptors (Lipinski definition) is 19. The first-order chi connectivity index (χ1) is 30.7. The van der Waals surface area contributed by atoms with Crippen LogP contribution in [0, 0.1) is 46.3 Å². The second-order valence-corrected chi connectivity index (χ2v) is 21.3. The predicted octanol–water partition coefficient (Wildman–Crippen LogP) is -1.21. The third-order valence-electron chi connectivity index (χ3n) is 17.8. The van der Waals surface area contributed by atoms with Crippen molar-refractivity contribution in [1.29, 1.82) is 0 Å². The fourth-order valence-electron chi connectivity index (χ4n) is 13.9. The summed E-state index contributed by atoms with van der Waals surface area (Å²) in [6.45, 7) is 9.29. The van der Waals surface area contributed by atoms with E-state index in [9.17, 15) is 56.2 Å².